The molecule has 0 saturated carbocycles. The maximum absolute atomic E-state index is 11.4. The summed E-state index contributed by atoms with van der Waals surface area (Å²) in [6, 6.07) is 8.73. The summed E-state index contributed by atoms with van der Waals surface area (Å²) in [4.78, 5) is 11.4. The fraction of sp³-hybridized carbons (Fsp3) is 0.167. The Kier molecular flexibility index (Phi) is 4.77. The van der Waals surface area contributed by atoms with Crippen LogP contribution in [-0.4, -0.2) is 19.0 Å². The number of nitriles is 1. The number of nitrogens with one attached hydrogen (secondary N) is 2. The van der Waals surface area contributed by atoms with E-state index in [0.29, 0.717) is 17.8 Å². The Morgan fingerprint density at radius 3 is 2.69 bits per heavy atom. The molecule has 0 radical (unpaired) electrons. The maximum Gasteiger partial charge on any atom is 0.238 e. The van der Waals surface area contributed by atoms with Gasteiger partial charge in [0, 0.05) is 12.2 Å². The molecule has 0 saturated heterocycles. The van der Waals surface area contributed by atoms with Gasteiger partial charge in [-0.15, -0.1) is 6.58 Å². The third-order valence-electron chi connectivity index (χ3n) is 1.87. The van der Waals surface area contributed by atoms with Crippen LogP contribution in [0.2, 0.25) is 0 Å². The van der Waals surface area contributed by atoms with Crippen molar-refractivity contribution in [2.45, 2.75) is 0 Å². The molecule has 0 fully saturated rings. The van der Waals surface area contributed by atoms with E-state index in [-0.39, 0.29) is 12.5 Å². The zero-order valence-electron chi connectivity index (χ0n) is 8.86. The highest BCUT2D eigenvalue weighted by Crippen LogP contribution is 2.08. The smallest absolute Gasteiger partial charge is 0.238 e. The first kappa shape index (κ1) is 12.0. The van der Waals surface area contributed by atoms with Crippen molar-refractivity contribution in [2.24, 2.45) is 0 Å². The van der Waals surface area contributed by atoms with Crippen LogP contribution in [0.5, 0.6) is 0 Å². The van der Waals surface area contributed by atoms with Gasteiger partial charge in [-0.3, -0.25) is 4.79 Å². The zero-order valence-corrected chi connectivity index (χ0v) is 8.86. The summed E-state index contributed by atoms with van der Waals surface area (Å²) >= 11 is 0. The molecule has 1 aromatic carbocycles. The third-order valence-corrected chi connectivity index (χ3v) is 1.87. The number of hydrogen-bond acceptors (Lipinski definition) is 3. The number of amides is 1. The molecule has 4 nitrogen and oxygen atoms in total. The van der Waals surface area contributed by atoms with Gasteiger partial charge in [0.1, 0.15) is 0 Å². The van der Waals surface area contributed by atoms with Crippen LogP contribution in [0.25, 0.3) is 0 Å². The molecule has 1 amide bonds. The van der Waals surface area contributed by atoms with Crippen molar-refractivity contribution in [1.82, 2.24) is 5.32 Å². The van der Waals surface area contributed by atoms with Gasteiger partial charge < -0.3 is 10.6 Å². The molecule has 0 heterocycles. The van der Waals surface area contributed by atoms with E-state index in [1.807, 2.05) is 6.07 Å². The first-order valence-corrected chi connectivity index (χ1v) is 4.88. The Hall–Kier alpha value is -2.12. The SMILES string of the molecule is C=CCNCC(=O)Nc1ccc(C#N)cc1. The van der Waals surface area contributed by atoms with Gasteiger partial charge in [-0.2, -0.15) is 5.26 Å². The second-order valence-electron chi connectivity index (χ2n) is 3.16. The molecule has 0 aliphatic heterocycles. The van der Waals surface area contributed by atoms with Crippen molar-refractivity contribution < 1.29 is 4.79 Å². The average molecular weight is 215 g/mol. The van der Waals surface area contributed by atoms with Crippen LogP contribution in [0, 0.1) is 11.3 Å². The molecule has 0 spiro atoms. The Morgan fingerprint density at radius 2 is 2.12 bits per heavy atom. The summed E-state index contributed by atoms with van der Waals surface area (Å²) in [6.07, 6.45) is 1.69. The monoisotopic (exact) mass is 215 g/mol. The summed E-state index contributed by atoms with van der Waals surface area (Å²) < 4.78 is 0. The minimum Gasteiger partial charge on any atom is -0.325 e. The van der Waals surface area contributed by atoms with Crippen LogP contribution in [0.4, 0.5) is 5.69 Å². The van der Waals surface area contributed by atoms with Gasteiger partial charge in [-0.05, 0) is 24.3 Å². The summed E-state index contributed by atoms with van der Waals surface area (Å²) in [5.41, 5.74) is 1.26. The number of carbonyl (C=O) groups excluding carboxylic acids is 1. The molecule has 82 valence electrons. The lowest BCUT2D eigenvalue weighted by atomic mass is 10.2. The number of rotatable bonds is 5. The Labute approximate surface area is 94.6 Å². The number of benzene rings is 1. The largest absolute Gasteiger partial charge is 0.325 e. The summed E-state index contributed by atoms with van der Waals surface area (Å²) in [5, 5.41) is 14.2. The van der Waals surface area contributed by atoms with Crippen LogP contribution in [0.15, 0.2) is 36.9 Å². The highest BCUT2D eigenvalue weighted by molar-refractivity contribution is 5.92. The molecule has 0 atom stereocenters. The summed E-state index contributed by atoms with van der Waals surface area (Å²) in [5.74, 6) is -0.119. The highest BCUT2D eigenvalue weighted by Gasteiger charge is 2.00. The van der Waals surface area contributed by atoms with Gasteiger partial charge in [0.2, 0.25) is 5.91 Å². The predicted molar refractivity (Wildman–Crippen MR) is 62.9 cm³/mol. The molecule has 0 bridgehead atoms. The molecule has 0 aromatic heterocycles. The predicted octanol–water partition coefficient (Wildman–Crippen LogP) is 1.27. The van der Waals surface area contributed by atoms with E-state index in [4.69, 9.17) is 5.26 Å². The Balaban J connectivity index is 2.44. The van der Waals surface area contributed by atoms with E-state index in [1.54, 1.807) is 30.3 Å². The second kappa shape index (κ2) is 6.38. The molecule has 1 aromatic rings. The zero-order chi connectivity index (χ0) is 11.8. The Bertz CT molecular complexity index is 403. The minimum atomic E-state index is -0.119. The molecule has 0 unspecified atom stereocenters. The van der Waals surface area contributed by atoms with Crippen molar-refractivity contribution in [2.75, 3.05) is 18.4 Å². The molecule has 1 rings (SSSR count). The molecule has 0 aliphatic carbocycles. The molecular formula is C12H13N3O. The van der Waals surface area contributed by atoms with Crippen molar-refractivity contribution >= 4 is 11.6 Å². The third kappa shape index (κ3) is 3.95. The first-order chi connectivity index (χ1) is 7.76. The van der Waals surface area contributed by atoms with Crippen LogP contribution < -0.4 is 10.6 Å². The lowest BCUT2D eigenvalue weighted by Gasteiger charge is -2.05. The van der Waals surface area contributed by atoms with E-state index >= 15 is 0 Å². The van der Waals surface area contributed by atoms with Crippen molar-refractivity contribution in [3.8, 4) is 6.07 Å². The summed E-state index contributed by atoms with van der Waals surface area (Å²) in [7, 11) is 0. The van der Waals surface area contributed by atoms with E-state index < -0.39 is 0 Å². The van der Waals surface area contributed by atoms with Gasteiger partial charge in [0.15, 0.2) is 0 Å². The average Bonchev–Trinajstić information content (AvgIpc) is 2.30. The second-order valence-corrected chi connectivity index (χ2v) is 3.16. The van der Waals surface area contributed by atoms with Crippen LogP contribution in [0.1, 0.15) is 5.56 Å². The van der Waals surface area contributed by atoms with Crippen molar-refractivity contribution in [3.05, 3.63) is 42.5 Å². The van der Waals surface area contributed by atoms with Crippen LogP contribution in [0.3, 0.4) is 0 Å². The lowest BCUT2D eigenvalue weighted by molar-refractivity contribution is -0.115. The number of hydrogen-bond donors (Lipinski definition) is 2. The molecule has 0 aliphatic rings. The highest BCUT2D eigenvalue weighted by atomic mass is 16.1. The van der Waals surface area contributed by atoms with E-state index in [9.17, 15) is 4.79 Å². The molecule has 16 heavy (non-hydrogen) atoms. The van der Waals surface area contributed by atoms with Crippen molar-refractivity contribution in [1.29, 1.82) is 5.26 Å². The first-order valence-electron chi connectivity index (χ1n) is 4.88. The quantitative estimate of drug-likeness (QED) is 0.574. The van der Waals surface area contributed by atoms with Gasteiger partial charge in [-0.25, -0.2) is 0 Å². The van der Waals surface area contributed by atoms with Gasteiger partial charge >= 0.3 is 0 Å². The van der Waals surface area contributed by atoms with E-state index in [1.165, 1.54) is 0 Å². The number of carbonyl (C=O) groups is 1. The van der Waals surface area contributed by atoms with Crippen LogP contribution in [-0.2, 0) is 4.79 Å². The molecular weight excluding hydrogens is 202 g/mol. The number of anilines is 1. The van der Waals surface area contributed by atoms with Gasteiger partial charge in [0.25, 0.3) is 0 Å². The lowest BCUT2D eigenvalue weighted by Crippen LogP contribution is -2.28. The van der Waals surface area contributed by atoms with Crippen molar-refractivity contribution in [3.63, 3.8) is 0 Å². The minimum absolute atomic E-state index is 0.119. The van der Waals surface area contributed by atoms with Crippen LogP contribution >= 0.6 is 0 Å². The van der Waals surface area contributed by atoms with E-state index in [2.05, 4.69) is 17.2 Å². The molecule has 4 heteroatoms. The van der Waals surface area contributed by atoms with E-state index in [0.717, 1.165) is 0 Å². The Morgan fingerprint density at radius 1 is 1.44 bits per heavy atom. The maximum atomic E-state index is 11.4. The normalized spacial score (nSPS) is 9.19. The van der Waals surface area contributed by atoms with Gasteiger partial charge in [-0.1, -0.05) is 6.08 Å². The molecule has 2 N–H and O–H groups in total. The fourth-order valence-corrected chi connectivity index (χ4v) is 1.12. The summed E-state index contributed by atoms with van der Waals surface area (Å²) in [6.45, 7) is 4.38. The fourth-order valence-electron chi connectivity index (χ4n) is 1.12. The topological polar surface area (TPSA) is 64.9 Å². The number of nitrogens with zero attached hydrogens (tertiary/aromatic N) is 1. The standard InChI is InChI=1S/C12H13N3O/c1-2-7-14-9-12(16)15-11-5-3-10(8-13)4-6-11/h2-6,14H,1,7,9H2,(H,15,16). The van der Waals surface area contributed by atoms with Gasteiger partial charge in [0.05, 0.1) is 18.2 Å².